The molecular weight excluding hydrogens is 188 g/mol. The van der Waals surface area contributed by atoms with E-state index in [0.29, 0.717) is 0 Å². The van der Waals surface area contributed by atoms with Crippen LogP contribution in [0.5, 0.6) is 0 Å². The van der Waals surface area contributed by atoms with Crippen molar-refractivity contribution in [3.8, 4) is 0 Å². The largest absolute Gasteiger partial charge is 0.390 e. The molecule has 3 heteroatoms. The predicted molar refractivity (Wildman–Crippen MR) is 63.9 cm³/mol. The van der Waals surface area contributed by atoms with Crippen molar-refractivity contribution in [1.82, 2.24) is 9.78 Å². The minimum Gasteiger partial charge on any atom is -0.390 e. The molecule has 0 saturated heterocycles. The van der Waals surface area contributed by atoms with Gasteiger partial charge in [-0.3, -0.25) is 4.68 Å². The Morgan fingerprint density at radius 1 is 1.40 bits per heavy atom. The average Bonchev–Trinajstić information content (AvgIpc) is 2.64. The summed E-state index contributed by atoms with van der Waals surface area (Å²) in [7, 11) is 0. The van der Waals surface area contributed by atoms with Gasteiger partial charge in [0, 0.05) is 12.7 Å². The number of hydrogen-bond donors (Lipinski definition) is 1. The van der Waals surface area contributed by atoms with Gasteiger partial charge in [-0.25, -0.2) is 0 Å². The molecule has 1 rings (SSSR count). The predicted octanol–water partition coefficient (Wildman–Crippen LogP) is 2.63. The molecule has 0 atom stereocenters. The van der Waals surface area contributed by atoms with Crippen molar-refractivity contribution < 1.29 is 5.11 Å². The van der Waals surface area contributed by atoms with Gasteiger partial charge >= 0.3 is 0 Å². The van der Waals surface area contributed by atoms with Crippen LogP contribution in [0.1, 0.15) is 46.6 Å². The minimum absolute atomic E-state index is 0.599. The number of rotatable bonds is 4. The first kappa shape index (κ1) is 14.2. The molecule has 1 aromatic heterocycles. The molecule has 0 bridgehead atoms. The van der Waals surface area contributed by atoms with E-state index in [1.165, 1.54) is 5.56 Å². The van der Waals surface area contributed by atoms with Crippen molar-refractivity contribution >= 4 is 0 Å². The Balaban J connectivity index is 0.000000921. The van der Waals surface area contributed by atoms with Gasteiger partial charge in [-0.2, -0.15) is 5.10 Å². The first-order chi connectivity index (χ1) is 7.01. The summed E-state index contributed by atoms with van der Waals surface area (Å²) in [6.07, 6.45) is 5.66. The zero-order chi connectivity index (χ0) is 11.9. The van der Waals surface area contributed by atoms with E-state index in [0.717, 1.165) is 19.4 Å². The highest BCUT2D eigenvalue weighted by Crippen LogP contribution is 2.09. The van der Waals surface area contributed by atoms with E-state index in [9.17, 15) is 5.11 Å². The van der Waals surface area contributed by atoms with Crippen LogP contribution in [0.4, 0.5) is 0 Å². The Morgan fingerprint density at radius 2 is 2.00 bits per heavy atom. The molecule has 1 heterocycles. The van der Waals surface area contributed by atoms with Crippen LogP contribution in [-0.2, 0) is 13.0 Å². The van der Waals surface area contributed by atoms with E-state index < -0.39 is 5.60 Å². The number of aliphatic hydroxyl groups is 1. The first-order valence-corrected chi connectivity index (χ1v) is 5.75. The van der Waals surface area contributed by atoms with Crippen LogP contribution in [0.2, 0.25) is 0 Å². The number of hydrogen-bond acceptors (Lipinski definition) is 2. The quantitative estimate of drug-likeness (QED) is 0.833. The molecule has 0 fully saturated rings. The van der Waals surface area contributed by atoms with Crippen LogP contribution in [0, 0.1) is 0 Å². The molecule has 0 amide bonds. The summed E-state index contributed by atoms with van der Waals surface area (Å²) in [5.41, 5.74) is 0.647. The second-order valence-electron chi connectivity index (χ2n) is 4.03. The molecule has 0 spiro atoms. The minimum atomic E-state index is -0.599. The average molecular weight is 212 g/mol. The molecule has 0 aliphatic heterocycles. The topological polar surface area (TPSA) is 38.0 Å². The van der Waals surface area contributed by atoms with Crippen molar-refractivity contribution in [3.05, 3.63) is 18.0 Å². The van der Waals surface area contributed by atoms with Gasteiger partial charge in [0.2, 0.25) is 0 Å². The van der Waals surface area contributed by atoms with Gasteiger partial charge in [-0.1, -0.05) is 20.8 Å². The van der Waals surface area contributed by atoms with E-state index in [2.05, 4.69) is 12.0 Å². The number of aryl methyl sites for hydroxylation is 2. The van der Waals surface area contributed by atoms with Crippen LogP contribution in [-0.4, -0.2) is 20.5 Å². The maximum absolute atomic E-state index is 9.50. The summed E-state index contributed by atoms with van der Waals surface area (Å²) in [5.74, 6) is 0. The highest BCUT2D eigenvalue weighted by atomic mass is 16.3. The monoisotopic (exact) mass is 212 g/mol. The number of aromatic nitrogens is 2. The lowest BCUT2D eigenvalue weighted by atomic mass is 10.1. The van der Waals surface area contributed by atoms with Crippen molar-refractivity contribution in [2.75, 3.05) is 0 Å². The van der Waals surface area contributed by atoms with E-state index in [-0.39, 0.29) is 0 Å². The molecule has 0 aliphatic carbocycles. The van der Waals surface area contributed by atoms with Gasteiger partial charge in [-0.05, 0) is 32.3 Å². The Hall–Kier alpha value is -0.830. The summed E-state index contributed by atoms with van der Waals surface area (Å²) in [4.78, 5) is 0. The molecule has 0 aliphatic rings. The van der Waals surface area contributed by atoms with Gasteiger partial charge in [0.15, 0.2) is 0 Å². The fourth-order valence-corrected chi connectivity index (χ4v) is 1.10. The van der Waals surface area contributed by atoms with Gasteiger partial charge in [0.25, 0.3) is 0 Å². The standard InChI is InChI=1S/C10H18N2O.C2H6/c1-4-9-7-11-12(8-9)6-5-10(2,3)13;1-2/h7-8,13H,4-6H2,1-3H3;1-2H3. The molecule has 1 aromatic rings. The summed E-state index contributed by atoms with van der Waals surface area (Å²) >= 11 is 0. The maximum atomic E-state index is 9.50. The Labute approximate surface area is 93.1 Å². The zero-order valence-corrected chi connectivity index (χ0v) is 10.6. The second-order valence-corrected chi connectivity index (χ2v) is 4.03. The van der Waals surface area contributed by atoms with E-state index in [4.69, 9.17) is 0 Å². The van der Waals surface area contributed by atoms with E-state index >= 15 is 0 Å². The van der Waals surface area contributed by atoms with Gasteiger partial charge in [0.05, 0.1) is 11.8 Å². The van der Waals surface area contributed by atoms with Gasteiger partial charge < -0.3 is 5.11 Å². The van der Waals surface area contributed by atoms with Crippen LogP contribution in [0.15, 0.2) is 12.4 Å². The highest BCUT2D eigenvalue weighted by Gasteiger charge is 2.12. The highest BCUT2D eigenvalue weighted by molar-refractivity contribution is 5.02. The molecular formula is C12H24N2O. The van der Waals surface area contributed by atoms with Gasteiger partial charge in [0.1, 0.15) is 0 Å². The summed E-state index contributed by atoms with van der Waals surface area (Å²) < 4.78 is 1.89. The first-order valence-electron chi connectivity index (χ1n) is 5.75. The molecule has 3 nitrogen and oxygen atoms in total. The van der Waals surface area contributed by atoms with Crippen molar-refractivity contribution in [2.24, 2.45) is 0 Å². The normalized spacial score (nSPS) is 10.8. The summed E-state index contributed by atoms with van der Waals surface area (Å²) in [5, 5.41) is 13.7. The molecule has 15 heavy (non-hydrogen) atoms. The Kier molecular flexibility index (Phi) is 6.25. The summed E-state index contributed by atoms with van der Waals surface area (Å²) in [6, 6.07) is 0. The third-order valence-corrected chi connectivity index (χ3v) is 2.05. The molecule has 0 radical (unpaired) electrons. The lowest BCUT2D eigenvalue weighted by molar-refractivity contribution is 0.0651. The van der Waals surface area contributed by atoms with Crippen LogP contribution in [0.25, 0.3) is 0 Å². The molecule has 0 saturated carbocycles. The van der Waals surface area contributed by atoms with Crippen LogP contribution in [0.3, 0.4) is 0 Å². The molecule has 0 unspecified atom stereocenters. The zero-order valence-electron chi connectivity index (χ0n) is 10.6. The smallest absolute Gasteiger partial charge is 0.0609 e. The van der Waals surface area contributed by atoms with Crippen molar-refractivity contribution in [1.29, 1.82) is 0 Å². The SMILES string of the molecule is CC.CCc1cnn(CCC(C)(C)O)c1. The fraction of sp³-hybridized carbons (Fsp3) is 0.750. The van der Waals surface area contributed by atoms with Gasteiger partial charge in [-0.15, -0.1) is 0 Å². The Bertz CT molecular complexity index is 261. The number of nitrogens with zero attached hydrogens (tertiary/aromatic N) is 2. The third-order valence-electron chi connectivity index (χ3n) is 2.05. The summed E-state index contributed by atoms with van der Waals surface area (Å²) in [6.45, 7) is 10.5. The van der Waals surface area contributed by atoms with Crippen LogP contribution >= 0.6 is 0 Å². The maximum Gasteiger partial charge on any atom is 0.0609 e. The third kappa shape index (κ3) is 6.28. The second kappa shape index (κ2) is 6.62. The molecule has 0 aromatic carbocycles. The lowest BCUT2D eigenvalue weighted by Crippen LogP contribution is -2.21. The Morgan fingerprint density at radius 3 is 2.40 bits per heavy atom. The van der Waals surface area contributed by atoms with E-state index in [1.807, 2.05) is 44.8 Å². The van der Waals surface area contributed by atoms with E-state index in [1.54, 1.807) is 0 Å². The van der Waals surface area contributed by atoms with Crippen LogP contribution < -0.4 is 0 Å². The molecule has 1 N–H and O–H groups in total. The van der Waals surface area contributed by atoms with Crippen molar-refractivity contribution in [2.45, 2.75) is 59.6 Å². The fourth-order valence-electron chi connectivity index (χ4n) is 1.10. The molecule has 88 valence electrons. The van der Waals surface area contributed by atoms with Crippen molar-refractivity contribution in [3.63, 3.8) is 0 Å². The lowest BCUT2D eigenvalue weighted by Gasteiger charge is -2.16.